The lowest BCUT2D eigenvalue weighted by atomic mass is 9.85. The maximum Gasteiger partial charge on any atom is 0.118 e. The first-order valence-corrected chi connectivity index (χ1v) is 9.48. The minimum atomic E-state index is 0.869. The number of methoxy groups -OCH3 is 1. The Morgan fingerprint density at radius 2 is 1.39 bits per heavy atom. The summed E-state index contributed by atoms with van der Waals surface area (Å²) in [5.74, 6) is 0.869. The molecule has 0 spiro atoms. The fraction of sp³-hybridized carbons (Fsp3) is 0.0769. The van der Waals surface area contributed by atoms with Gasteiger partial charge in [-0.05, 0) is 40.3 Å². The van der Waals surface area contributed by atoms with Crippen LogP contribution in [-0.2, 0) is 0 Å². The molecule has 0 saturated heterocycles. The first-order chi connectivity index (χ1) is 13.8. The molecule has 4 aromatic rings. The van der Waals surface area contributed by atoms with Crippen molar-refractivity contribution in [1.82, 2.24) is 0 Å². The lowest BCUT2D eigenvalue weighted by Gasteiger charge is -2.33. The molecule has 0 aromatic heterocycles. The van der Waals surface area contributed by atoms with Crippen LogP contribution < -0.4 is 9.64 Å². The third-order valence-corrected chi connectivity index (χ3v) is 5.51. The van der Waals surface area contributed by atoms with Crippen LogP contribution in [0.3, 0.4) is 0 Å². The molecule has 1 heterocycles. The van der Waals surface area contributed by atoms with Crippen molar-refractivity contribution < 1.29 is 4.74 Å². The van der Waals surface area contributed by atoms with Gasteiger partial charge in [-0.25, -0.2) is 0 Å². The molecule has 0 aliphatic carbocycles. The normalized spacial score (nSPS) is 13.1. The summed E-state index contributed by atoms with van der Waals surface area (Å²) in [4.78, 5) is 2.32. The van der Waals surface area contributed by atoms with Crippen LogP contribution >= 0.6 is 0 Å². The van der Waals surface area contributed by atoms with Crippen LogP contribution in [0.25, 0.3) is 22.0 Å². The van der Waals surface area contributed by atoms with Gasteiger partial charge in [0.15, 0.2) is 0 Å². The van der Waals surface area contributed by atoms with Crippen molar-refractivity contribution in [2.75, 3.05) is 19.1 Å². The number of hydrogen-bond donors (Lipinski definition) is 0. The molecule has 0 radical (unpaired) electrons. The average Bonchev–Trinajstić information content (AvgIpc) is 2.76. The van der Waals surface area contributed by atoms with Crippen molar-refractivity contribution in [2.45, 2.75) is 0 Å². The van der Waals surface area contributed by atoms with Crippen molar-refractivity contribution in [3.05, 3.63) is 108 Å². The maximum absolute atomic E-state index is 5.38. The van der Waals surface area contributed by atoms with Gasteiger partial charge in [-0.3, -0.25) is 0 Å². The molecule has 0 bridgehead atoms. The highest BCUT2D eigenvalue weighted by molar-refractivity contribution is 6.17. The summed E-state index contributed by atoms with van der Waals surface area (Å²) in [6.45, 7) is 0. The van der Waals surface area contributed by atoms with Gasteiger partial charge >= 0.3 is 0 Å². The highest BCUT2D eigenvalue weighted by Crippen LogP contribution is 2.46. The van der Waals surface area contributed by atoms with Crippen molar-refractivity contribution in [2.24, 2.45) is 0 Å². The summed E-state index contributed by atoms with van der Waals surface area (Å²) >= 11 is 0. The van der Waals surface area contributed by atoms with Crippen LogP contribution in [0.1, 0.15) is 16.7 Å². The van der Waals surface area contributed by atoms with Crippen molar-refractivity contribution >= 4 is 27.7 Å². The van der Waals surface area contributed by atoms with E-state index >= 15 is 0 Å². The number of nitrogens with zero attached hydrogens (tertiary/aromatic N) is 1. The van der Waals surface area contributed by atoms with Crippen LogP contribution in [0.5, 0.6) is 5.75 Å². The summed E-state index contributed by atoms with van der Waals surface area (Å²) in [6, 6.07) is 32.1. The zero-order valence-corrected chi connectivity index (χ0v) is 16.0. The van der Waals surface area contributed by atoms with Crippen LogP contribution in [0.15, 0.2) is 91.0 Å². The maximum atomic E-state index is 5.38. The zero-order valence-electron chi connectivity index (χ0n) is 16.0. The molecule has 2 heteroatoms. The molecule has 0 amide bonds. The highest BCUT2D eigenvalue weighted by atomic mass is 16.5. The molecule has 28 heavy (non-hydrogen) atoms. The molecular formula is C26H21NO. The van der Waals surface area contributed by atoms with Crippen LogP contribution in [0.2, 0.25) is 0 Å². The third-order valence-electron chi connectivity index (χ3n) is 5.51. The molecular weight excluding hydrogens is 342 g/mol. The third kappa shape index (κ3) is 2.49. The van der Waals surface area contributed by atoms with Gasteiger partial charge in [0, 0.05) is 23.7 Å². The standard InChI is InChI=1S/C26H21NO/c1-27-23-13-7-11-18-10-6-12-22(24(18)23)25(19-14-16-21(28-2)17-15-19)26(27)20-8-4-3-5-9-20/h3-17H,1-2H3. The average molecular weight is 363 g/mol. The number of hydrogen-bond acceptors (Lipinski definition) is 2. The highest BCUT2D eigenvalue weighted by Gasteiger charge is 2.26. The van der Waals surface area contributed by atoms with E-state index < -0.39 is 0 Å². The molecule has 5 rings (SSSR count). The predicted octanol–water partition coefficient (Wildman–Crippen LogP) is 6.21. The Kier molecular flexibility index (Phi) is 3.91. The van der Waals surface area contributed by atoms with E-state index in [4.69, 9.17) is 4.74 Å². The Hall–Kier alpha value is -3.52. The Labute approximate surface area is 165 Å². The van der Waals surface area contributed by atoms with Crippen LogP contribution in [-0.4, -0.2) is 14.2 Å². The fourth-order valence-corrected chi connectivity index (χ4v) is 4.21. The summed E-state index contributed by atoms with van der Waals surface area (Å²) in [5, 5.41) is 2.57. The fourth-order valence-electron chi connectivity index (χ4n) is 4.21. The van der Waals surface area contributed by atoms with Gasteiger partial charge in [-0.1, -0.05) is 72.8 Å². The molecule has 0 unspecified atom stereocenters. The predicted molar refractivity (Wildman–Crippen MR) is 118 cm³/mol. The van der Waals surface area contributed by atoms with Gasteiger partial charge in [0.1, 0.15) is 5.75 Å². The number of anilines is 1. The SMILES string of the molecule is COc1ccc(C2=C(c3ccccc3)N(C)c3cccc4cccc2c34)cc1. The lowest BCUT2D eigenvalue weighted by Crippen LogP contribution is -2.21. The minimum Gasteiger partial charge on any atom is -0.497 e. The van der Waals surface area contributed by atoms with E-state index in [-0.39, 0.29) is 0 Å². The van der Waals surface area contributed by atoms with Crippen molar-refractivity contribution in [3.8, 4) is 5.75 Å². The van der Waals surface area contributed by atoms with E-state index in [1.807, 2.05) is 12.1 Å². The van der Waals surface area contributed by atoms with Gasteiger partial charge < -0.3 is 9.64 Å². The Morgan fingerprint density at radius 3 is 2.11 bits per heavy atom. The smallest absolute Gasteiger partial charge is 0.118 e. The largest absolute Gasteiger partial charge is 0.497 e. The van der Waals surface area contributed by atoms with Gasteiger partial charge in [-0.2, -0.15) is 0 Å². The minimum absolute atomic E-state index is 0.869. The first-order valence-electron chi connectivity index (χ1n) is 9.48. The lowest BCUT2D eigenvalue weighted by molar-refractivity contribution is 0.415. The number of benzene rings is 4. The van der Waals surface area contributed by atoms with Crippen LogP contribution in [0, 0.1) is 0 Å². The van der Waals surface area contributed by atoms with E-state index in [0.717, 1.165) is 5.75 Å². The topological polar surface area (TPSA) is 12.5 Å². The summed E-state index contributed by atoms with van der Waals surface area (Å²) in [5.41, 5.74) is 7.38. The van der Waals surface area contributed by atoms with Gasteiger partial charge in [0.05, 0.1) is 12.8 Å². The second-order valence-corrected chi connectivity index (χ2v) is 7.06. The summed E-state index contributed by atoms with van der Waals surface area (Å²) in [6.07, 6.45) is 0. The van der Waals surface area contributed by atoms with Crippen molar-refractivity contribution in [3.63, 3.8) is 0 Å². The number of ether oxygens (including phenoxy) is 1. The molecule has 136 valence electrons. The van der Waals surface area contributed by atoms with Gasteiger partial charge in [0.2, 0.25) is 0 Å². The molecule has 4 aromatic carbocycles. The summed E-state index contributed by atoms with van der Waals surface area (Å²) in [7, 11) is 3.87. The first kappa shape index (κ1) is 16.6. The van der Waals surface area contributed by atoms with Crippen molar-refractivity contribution in [1.29, 1.82) is 0 Å². The molecule has 2 nitrogen and oxygen atoms in total. The Bertz CT molecular complexity index is 1190. The van der Waals surface area contributed by atoms with Crippen LogP contribution in [0.4, 0.5) is 5.69 Å². The Balaban J connectivity index is 1.88. The Morgan fingerprint density at radius 1 is 0.679 bits per heavy atom. The zero-order chi connectivity index (χ0) is 19.1. The second-order valence-electron chi connectivity index (χ2n) is 7.06. The van der Waals surface area contributed by atoms with E-state index in [0.29, 0.717) is 0 Å². The molecule has 0 saturated carbocycles. The van der Waals surface area contributed by atoms with E-state index in [1.165, 1.54) is 44.4 Å². The van der Waals surface area contributed by atoms with E-state index in [1.54, 1.807) is 7.11 Å². The second kappa shape index (κ2) is 6.58. The van der Waals surface area contributed by atoms with Gasteiger partial charge in [0.25, 0.3) is 0 Å². The quantitative estimate of drug-likeness (QED) is 0.429. The van der Waals surface area contributed by atoms with E-state index in [2.05, 4.69) is 90.8 Å². The molecule has 0 fully saturated rings. The molecule has 1 aliphatic heterocycles. The molecule has 1 aliphatic rings. The summed E-state index contributed by atoms with van der Waals surface area (Å²) < 4.78 is 5.38. The van der Waals surface area contributed by atoms with Gasteiger partial charge in [-0.15, -0.1) is 0 Å². The number of rotatable bonds is 3. The van der Waals surface area contributed by atoms with E-state index in [9.17, 15) is 0 Å². The molecule has 0 atom stereocenters. The monoisotopic (exact) mass is 363 g/mol. The molecule has 0 N–H and O–H groups in total.